The van der Waals surface area contributed by atoms with Gasteiger partial charge in [0.05, 0.1) is 20.3 Å². The molecule has 1 unspecified atom stereocenters. The third kappa shape index (κ3) is 3.86. The molecule has 6 nitrogen and oxygen atoms in total. The van der Waals surface area contributed by atoms with Crippen LogP contribution in [0.15, 0.2) is 0 Å². The zero-order valence-corrected chi connectivity index (χ0v) is 20.2. The number of esters is 3. The number of rotatable bonds is 6. The summed E-state index contributed by atoms with van der Waals surface area (Å²) >= 11 is 0. The van der Waals surface area contributed by atoms with Gasteiger partial charge in [-0.3, -0.25) is 14.4 Å². The Kier molecular flexibility index (Phi) is 6.36. The van der Waals surface area contributed by atoms with Crippen molar-refractivity contribution in [3.63, 3.8) is 0 Å². The SMILES string of the molecule is COC(=O)CC(=O)OC[C@]1(C)CCC[C@]2(C)[C@H]1CC[C@@H]1CC(COC(C)=O)[C@H]3CC[C@]12C3. The van der Waals surface area contributed by atoms with Crippen molar-refractivity contribution in [2.75, 3.05) is 20.3 Å². The van der Waals surface area contributed by atoms with Crippen molar-refractivity contribution in [2.45, 2.75) is 85.0 Å². The zero-order chi connectivity index (χ0) is 23.1. The van der Waals surface area contributed by atoms with E-state index in [2.05, 4.69) is 18.6 Å². The molecule has 4 aliphatic rings. The number of hydrogen-bond donors (Lipinski definition) is 0. The molecule has 7 atom stereocenters. The summed E-state index contributed by atoms with van der Waals surface area (Å²) in [5.74, 6) is 1.20. The molecule has 4 aliphatic carbocycles. The van der Waals surface area contributed by atoms with E-state index in [4.69, 9.17) is 9.47 Å². The molecule has 2 bridgehead atoms. The highest BCUT2D eigenvalue weighted by Crippen LogP contribution is 2.74. The van der Waals surface area contributed by atoms with E-state index in [9.17, 15) is 14.4 Å². The van der Waals surface area contributed by atoms with Gasteiger partial charge in [-0.1, -0.05) is 20.3 Å². The molecule has 0 radical (unpaired) electrons. The summed E-state index contributed by atoms with van der Waals surface area (Å²) in [6.45, 7) is 7.32. The Morgan fingerprint density at radius 2 is 1.75 bits per heavy atom. The lowest BCUT2D eigenvalue weighted by atomic mass is 9.38. The van der Waals surface area contributed by atoms with E-state index in [-0.39, 0.29) is 23.2 Å². The van der Waals surface area contributed by atoms with Crippen LogP contribution in [0, 0.1) is 39.9 Å². The first-order valence-electron chi connectivity index (χ1n) is 12.5. The maximum atomic E-state index is 12.2. The maximum absolute atomic E-state index is 12.2. The number of methoxy groups -OCH3 is 1. The van der Waals surface area contributed by atoms with Crippen LogP contribution in [0.1, 0.15) is 85.0 Å². The monoisotopic (exact) mass is 448 g/mol. The Morgan fingerprint density at radius 3 is 2.47 bits per heavy atom. The number of carbonyl (C=O) groups is 3. The number of fused-ring (bicyclic) bond motifs is 2. The molecule has 0 aromatic heterocycles. The van der Waals surface area contributed by atoms with Crippen LogP contribution >= 0.6 is 0 Å². The van der Waals surface area contributed by atoms with Gasteiger partial charge in [0, 0.05) is 12.3 Å². The van der Waals surface area contributed by atoms with Crippen molar-refractivity contribution in [1.29, 1.82) is 0 Å². The lowest BCUT2D eigenvalue weighted by Crippen LogP contribution is -2.60. The lowest BCUT2D eigenvalue weighted by Gasteiger charge is -2.66. The molecule has 4 rings (SSSR count). The van der Waals surface area contributed by atoms with Gasteiger partial charge in [0.25, 0.3) is 0 Å². The zero-order valence-electron chi connectivity index (χ0n) is 20.2. The predicted molar refractivity (Wildman–Crippen MR) is 118 cm³/mol. The molecule has 4 saturated carbocycles. The van der Waals surface area contributed by atoms with E-state index in [1.807, 2.05) is 0 Å². The molecule has 4 fully saturated rings. The van der Waals surface area contributed by atoms with Crippen LogP contribution in [0.2, 0.25) is 0 Å². The van der Waals surface area contributed by atoms with Crippen LogP contribution in [0.25, 0.3) is 0 Å². The van der Waals surface area contributed by atoms with Crippen LogP contribution in [0.5, 0.6) is 0 Å². The first-order valence-corrected chi connectivity index (χ1v) is 12.5. The van der Waals surface area contributed by atoms with E-state index in [1.54, 1.807) is 0 Å². The third-order valence-electron chi connectivity index (χ3n) is 10.2. The second kappa shape index (κ2) is 8.64. The topological polar surface area (TPSA) is 78.9 Å². The summed E-state index contributed by atoms with van der Waals surface area (Å²) in [5, 5.41) is 0. The Bertz CT molecular complexity index is 763. The molecular formula is C26H40O6. The molecule has 0 N–H and O–H groups in total. The second-order valence-electron chi connectivity index (χ2n) is 11.6. The standard InChI is InChI=1S/C26H40O6/c1-17(27)31-15-19-12-20-6-7-21-24(2,16-32-23(29)13-22(28)30-4)9-5-10-25(21,3)26(20)11-8-18(19)14-26/h18-21H,5-16H2,1-4H3/t18-,19?,20+,21-,24-,25+,26-/m0/s1. The number of ether oxygens (including phenoxy) is 3. The summed E-state index contributed by atoms with van der Waals surface area (Å²) in [6.07, 6.45) is 10.5. The fourth-order valence-electron chi connectivity index (χ4n) is 8.75. The van der Waals surface area contributed by atoms with E-state index in [1.165, 1.54) is 59.0 Å². The van der Waals surface area contributed by atoms with E-state index < -0.39 is 11.9 Å². The molecule has 0 aromatic rings. The minimum atomic E-state index is -0.546. The summed E-state index contributed by atoms with van der Waals surface area (Å²) in [6, 6.07) is 0. The van der Waals surface area contributed by atoms with Crippen molar-refractivity contribution in [2.24, 2.45) is 39.9 Å². The van der Waals surface area contributed by atoms with Crippen molar-refractivity contribution < 1.29 is 28.6 Å². The molecule has 0 heterocycles. The van der Waals surface area contributed by atoms with Crippen molar-refractivity contribution in [3.8, 4) is 0 Å². The van der Waals surface area contributed by atoms with Crippen molar-refractivity contribution >= 4 is 17.9 Å². The van der Waals surface area contributed by atoms with E-state index in [0.717, 1.165) is 12.8 Å². The average Bonchev–Trinajstić information content (AvgIpc) is 3.13. The van der Waals surface area contributed by atoms with Gasteiger partial charge in [-0.05, 0) is 85.9 Å². The minimum Gasteiger partial charge on any atom is -0.469 e. The van der Waals surface area contributed by atoms with Crippen molar-refractivity contribution in [1.82, 2.24) is 0 Å². The van der Waals surface area contributed by atoms with Crippen LogP contribution in [-0.4, -0.2) is 38.2 Å². The summed E-state index contributed by atoms with van der Waals surface area (Å²) in [7, 11) is 1.29. The highest BCUT2D eigenvalue weighted by molar-refractivity contribution is 5.91. The average molecular weight is 449 g/mol. The molecule has 6 heteroatoms. The number of carbonyl (C=O) groups excluding carboxylic acids is 3. The molecule has 0 amide bonds. The second-order valence-corrected chi connectivity index (χ2v) is 11.6. The molecule has 0 saturated heterocycles. The highest BCUT2D eigenvalue weighted by atomic mass is 16.5. The summed E-state index contributed by atoms with van der Waals surface area (Å²) in [4.78, 5) is 35.0. The molecule has 0 aliphatic heterocycles. The van der Waals surface area contributed by atoms with E-state index >= 15 is 0 Å². The minimum absolute atomic E-state index is 0.0504. The first-order chi connectivity index (χ1) is 15.1. The first kappa shape index (κ1) is 23.6. The molecule has 180 valence electrons. The molecule has 32 heavy (non-hydrogen) atoms. The van der Waals surface area contributed by atoms with Crippen LogP contribution in [-0.2, 0) is 28.6 Å². The fraction of sp³-hybridized carbons (Fsp3) is 0.885. The van der Waals surface area contributed by atoms with Gasteiger partial charge < -0.3 is 14.2 Å². The number of hydrogen-bond acceptors (Lipinski definition) is 6. The Morgan fingerprint density at radius 1 is 0.969 bits per heavy atom. The smallest absolute Gasteiger partial charge is 0.317 e. The van der Waals surface area contributed by atoms with Gasteiger partial charge in [0.1, 0.15) is 6.42 Å². The fourth-order valence-corrected chi connectivity index (χ4v) is 8.75. The highest BCUT2D eigenvalue weighted by Gasteiger charge is 2.67. The van der Waals surface area contributed by atoms with Gasteiger partial charge in [-0.2, -0.15) is 0 Å². The van der Waals surface area contributed by atoms with E-state index in [0.29, 0.717) is 42.3 Å². The summed E-state index contributed by atoms with van der Waals surface area (Å²) < 4.78 is 15.7. The Hall–Kier alpha value is -1.59. The molecule has 1 spiro atoms. The normalized spacial score (nSPS) is 42.4. The Balaban J connectivity index is 1.50. The predicted octanol–water partition coefficient (Wildman–Crippen LogP) is 4.68. The van der Waals surface area contributed by atoms with Crippen LogP contribution < -0.4 is 0 Å². The van der Waals surface area contributed by atoms with Gasteiger partial charge in [0.2, 0.25) is 0 Å². The van der Waals surface area contributed by atoms with Gasteiger partial charge >= 0.3 is 17.9 Å². The largest absolute Gasteiger partial charge is 0.469 e. The maximum Gasteiger partial charge on any atom is 0.317 e. The van der Waals surface area contributed by atoms with Gasteiger partial charge in [-0.25, -0.2) is 0 Å². The van der Waals surface area contributed by atoms with Crippen molar-refractivity contribution in [3.05, 3.63) is 0 Å². The molecular weight excluding hydrogens is 408 g/mol. The third-order valence-corrected chi connectivity index (χ3v) is 10.2. The summed E-state index contributed by atoms with van der Waals surface area (Å²) in [5.41, 5.74) is 0.564. The lowest BCUT2D eigenvalue weighted by molar-refractivity contribution is -0.194. The van der Waals surface area contributed by atoms with Gasteiger partial charge in [0.15, 0.2) is 0 Å². The van der Waals surface area contributed by atoms with Gasteiger partial charge in [-0.15, -0.1) is 0 Å². The molecule has 0 aromatic carbocycles. The van der Waals surface area contributed by atoms with Crippen LogP contribution in [0.4, 0.5) is 0 Å². The quantitative estimate of drug-likeness (QED) is 0.333. The Labute approximate surface area is 192 Å². The van der Waals surface area contributed by atoms with Crippen LogP contribution in [0.3, 0.4) is 0 Å².